The highest BCUT2D eigenvalue weighted by Gasteiger charge is 2.25. The van der Waals surface area contributed by atoms with E-state index >= 15 is 0 Å². The van der Waals surface area contributed by atoms with Gasteiger partial charge < -0.3 is 10.2 Å². The first kappa shape index (κ1) is 17.7. The van der Waals surface area contributed by atoms with E-state index < -0.39 is 6.04 Å². The van der Waals surface area contributed by atoms with E-state index in [1.807, 2.05) is 30.3 Å². The Morgan fingerprint density at radius 3 is 2.25 bits per heavy atom. The normalized spacial score (nSPS) is 11.6. The Morgan fingerprint density at radius 1 is 1.04 bits per heavy atom. The number of carbonyl (C=O) groups excluding carboxylic acids is 2. The summed E-state index contributed by atoms with van der Waals surface area (Å²) in [4.78, 5) is 26.2. The third-order valence-electron chi connectivity index (χ3n) is 3.88. The molecule has 0 aliphatic rings. The Labute approximate surface area is 141 Å². The molecule has 0 heterocycles. The Morgan fingerprint density at radius 2 is 1.67 bits per heavy atom. The first-order valence-corrected chi connectivity index (χ1v) is 7.80. The van der Waals surface area contributed by atoms with Gasteiger partial charge in [-0.15, -0.1) is 0 Å². The minimum absolute atomic E-state index is 0.151. The van der Waals surface area contributed by atoms with Crippen molar-refractivity contribution in [3.63, 3.8) is 0 Å². The monoisotopic (exact) mass is 328 g/mol. The predicted octanol–water partition coefficient (Wildman–Crippen LogP) is 2.53. The van der Waals surface area contributed by atoms with Crippen LogP contribution >= 0.6 is 0 Å². The van der Waals surface area contributed by atoms with E-state index in [2.05, 4.69) is 5.32 Å². The molecule has 0 aromatic heterocycles. The maximum absolute atomic E-state index is 13.1. The molecule has 0 saturated carbocycles. The molecule has 2 aromatic rings. The number of carbonyl (C=O) groups is 2. The number of hydrogen-bond acceptors (Lipinski definition) is 2. The van der Waals surface area contributed by atoms with E-state index in [9.17, 15) is 14.0 Å². The summed E-state index contributed by atoms with van der Waals surface area (Å²) in [6.45, 7) is 1.94. The molecule has 2 aromatic carbocycles. The van der Waals surface area contributed by atoms with Crippen molar-refractivity contribution in [2.45, 2.75) is 25.9 Å². The molecule has 2 rings (SSSR count). The van der Waals surface area contributed by atoms with E-state index in [4.69, 9.17) is 0 Å². The van der Waals surface area contributed by atoms with Gasteiger partial charge >= 0.3 is 0 Å². The van der Waals surface area contributed by atoms with Crippen LogP contribution < -0.4 is 5.32 Å². The van der Waals surface area contributed by atoms with Crippen molar-refractivity contribution in [1.29, 1.82) is 0 Å². The molecular formula is C19H21FN2O2. The van der Waals surface area contributed by atoms with E-state index in [1.165, 1.54) is 24.1 Å². The van der Waals surface area contributed by atoms with Crippen LogP contribution in [0.4, 0.5) is 4.39 Å². The van der Waals surface area contributed by atoms with E-state index in [0.29, 0.717) is 0 Å². The standard InChI is InChI=1S/C19H21FN2O2/c1-14(19(24)21-2)22(13-16-8-10-17(20)11-9-16)18(23)12-15-6-4-3-5-7-15/h3-11,14H,12-13H2,1-2H3,(H,21,24)/t14-/m1/s1. The zero-order valence-corrected chi connectivity index (χ0v) is 13.8. The summed E-state index contributed by atoms with van der Waals surface area (Å²) in [6.07, 6.45) is 0.212. The Bertz CT molecular complexity index is 686. The second-order valence-corrected chi connectivity index (χ2v) is 5.60. The van der Waals surface area contributed by atoms with Gasteiger partial charge in [-0.05, 0) is 30.2 Å². The molecule has 0 unspecified atom stereocenters. The van der Waals surface area contributed by atoms with Crippen molar-refractivity contribution in [2.75, 3.05) is 7.05 Å². The number of hydrogen-bond donors (Lipinski definition) is 1. The SMILES string of the molecule is CNC(=O)[C@@H](C)N(Cc1ccc(F)cc1)C(=O)Cc1ccccc1. The lowest BCUT2D eigenvalue weighted by molar-refractivity contribution is -0.139. The van der Waals surface area contributed by atoms with E-state index in [0.717, 1.165) is 11.1 Å². The van der Waals surface area contributed by atoms with Crippen LogP contribution in [0.25, 0.3) is 0 Å². The summed E-state index contributed by atoms with van der Waals surface area (Å²) in [5.74, 6) is -0.722. The zero-order valence-electron chi connectivity index (χ0n) is 13.8. The van der Waals surface area contributed by atoms with Crippen molar-refractivity contribution in [1.82, 2.24) is 10.2 Å². The number of likely N-dealkylation sites (N-methyl/N-ethyl adjacent to an activating group) is 1. The summed E-state index contributed by atoms with van der Waals surface area (Å²) in [7, 11) is 1.54. The van der Waals surface area contributed by atoms with Crippen LogP contribution in [-0.4, -0.2) is 29.8 Å². The second kappa shape index (κ2) is 8.24. The van der Waals surface area contributed by atoms with Gasteiger partial charge in [0.25, 0.3) is 0 Å². The summed E-state index contributed by atoms with van der Waals surface area (Å²) in [5, 5.41) is 2.57. The summed E-state index contributed by atoms with van der Waals surface area (Å²) < 4.78 is 13.1. The molecule has 5 heteroatoms. The lowest BCUT2D eigenvalue weighted by atomic mass is 10.1. The van der Waals surface area contributed by atoms with Gasteiger partial charge in [0.05, 0.1) is 6.42 Å². The maximum Gasteiger partial charge on any atom is 0.242 e. The number of nitrogens with zero attached hydrogens (tertiary/aromatic N) is 1. The highest BCUT2D eigenvalue weighted by molar-refractivity contribution is 5.88. The average Bonchev–Trinajstić information content (AvgIpc) is 2.60. The topological polar surface area (TPSA) is 49.4 Å². The van der Waals surface area contributed by atoms with E-state index in [1.54, 1.807) is 19.1 Å². The molecule has 0 spiro atoms. The number of halogens is 1. The van der Waals surface area contributed by atoms with E-state index in [-0.39, 0.29) is 30.6 Å². The van der Waals surface area contributed by atoms with Crippen LogP contribution in [-0.2, 0) is 22.6 Å². The molecular weight excluding hydrogens is 307 g/mol. The third-order valence-corrected chi connectivity index (χ3v) is 3.88. The van der Waals surface area contributed by atoms with Gasteiger partial charge in [0.15, 0.2) is 0 Å². The first-order chi connectivity index (χ1) is 11.5. The van der Waals surface area contributed by atoms with Crippen LogP contribution in [0.3, 0.4) is 0 Å². The zero-order chi connectivity index (χ0) is 17.5. The fourth-order valence-corrected chi connectivity index (χ4v) is 2.45. The molecule has 0 fully saturated rings. The van der Waals surface area contributed by atoms with Crippen molar-refractivity contribution < 1.29 is 14.0 Å². The van der Waals surface area contributed by atoms with Gasteiger partial charge in [-0.25, -0.2) is 4.39 Å². The number of benzene rings is 2. The average molecular weight is 328 g/mol. The minimum atomic E-state index is -0.615. The number of rotatable bonds is 6. The van der Waals surface area contributed by atoms with Crippen LogP contribution in [0, 0.1) is 5.82 Å². The highest BCUT2D eigenvalue weighted by atomic mass is 19.1. The Hall–Kier alpha value is -2.69. The van der Waals surface area contributed by atoms with Gasteiger partial charge in [0, 0.05) is 13.6 Å². The molecule has 1 atom stereocenters. The van der Waals surface area contributed by atoms with Gasteiger partial charge in [-0.1, -0.05) is 42.5 Å². The van der Waals surface area contributed by atoms with Gasteiger partial charge in [-0.3, -0.25) is 9.59 Å². The molecule has 4 nitrogen and oxygen atoms in total. The summed E-state index contributed by atoms with van der Waals surface area (Å²) in [5.41, 5.74) is 1.66. The van der Waals surface area contributed by atoms with Gasteiger partial charge in [-0.2, -0.15) is 0 Å². The molecule has 0 saturated heterocycles. The smallest absolute Gasteiger partial charge is 0.242 e. The Balaban J connectivity index is 2.19. The minimum Gasteiger partial charge on any atom is -0.357 e. The lowest BCUT2D eigenvalue weighted by Gasteiger charge is -2.28. The predicted molar refractivity (Wildman–Crippen MR) is 90.6 cm³/mol. The summed E-state index contributed by atoms with van der Waals surface area (Å²) >= 11 is 0. The van der Waals surface area contributed by atoms with Crippen molar-refractivity contribution in [3.8, 4) is 0 Å². The molecule has 126 valence electrons. The maximum atomic E-state index is 13.1. The van der Waals surface area contributed by atoms with Crippen LogP contribution in [0.1, 0.15) is 18.1 Å². The largest absolute Gasteiger partial charge is 0.357 e. The summed E-state index contributed by atoms with van der Waals surface area (Å²) in [6, 6.07) is 14.7. The number of nitrogens with one attached hydrogen (secondary N) is 1. The first-order valence-electron chi connectivity index (χ1n) is 7.80. The molecule has 1 N–H and O–H groups in total. The molecule has 0 aliphatic heterocycles. The lowest BCUT2D eigenvalue weighted by Crippen LogP contribution is -2.47. The second-order valence-electron chi connectivity index (χ2n) is 5.60. The molecule has 0 radical (unpaired) electrons. The van der Waals surface area contributed by atoms with Gasteiger partial charge in [0.2, 0.25) is 11.8 Å². The Kier molecular flexibility index (Phi) is 6.07. The fourth-order valence-electron chi connectivity index (χ4n) is 2.45. The van der Waals surface area contributed by atoms with Crippen molar-refractivity contribution >= 4 is 11.8 Å². The van der Waals surface area contributed by atoms with Crippen LogP contribution in [0.5, 0.6) is 0 Å². The highest BCUT2D eigenvalue weighted by Crippen LogP contribution is 2.13. The third kappa shape index (κ3) is 4.65. The molecule has 2 amide bonds. The molecule has 0 bridgehead atoms. The van der Waals surface area contributed by atoms with Crippen molar-refractivity contribution in [2.24, 2.45) is 0 Å². The van der Waals surface area contributed by atoms with Crippen molar-refractivity contribution in [3.05, 3.63) is 71.5 Å². The quantitative estimate of drug-likeness (QED) is 0.886. The fraction of sp³-hybridized carbons (Fsp3) is 0.263. The number of amides is 2. The van der Waals surface area contributed by atoms with Gasteiger partial charge in [0.1, 0.15) is 11.9 Å². The molecule has 24 heavy (non-hydrogen) atoms. The van der Waals surface area contributed by atoms with Crippen LogP contribution in [0.2, 0.25) is 0 Å². The molecule has 0 aliphatic carbocycles. The van der Waals surface area contributed by atoms with Crippen LogP contribution in [0.15, 0.2) is 54.6 Å².